The number of carbonyl (C=O) groups is 1. The Morgan fingerprint density at radius 3 is 1.54 bits per heavy atom. The minimum atomic E-state index is -0.299. The first-order valence-electron chi connectivity index (χ1n) is 7.79. The van der Waals surface area contributed by atoms with Crippen LogP contribution in [0.5, 0.6) is 0 Å². The van der Waals surface area contributed by atoms with Gasteiger partial charge in [-0.05, 0) is 47.5 Å². The van der Waals surface area contributed by atoms with Gasteiger partial charge >= 0.3 is 0 Å². The number of halogens is 2. The van der Waals surface area contributed by atoms with Gasteiger partial charge in [-0.2, -0.15) is 0 Å². The van der Waals surface area contributed by atoms with Crippen molar-refractivity contribution >= 4 is 17.9 Å². The Hall–Kier alpha value is -2.59. The molecule has 24 heavy (non-hydrogen) atoms. The van der Waals surface area contributed by atoms with Gasteiger partial charge in [0, 0.05) is 0 Å². The van der Waals surface area contributed by atoms with E-state index in [2.05, 4.69) is 0 Å². The summed E-state index contributed by atoms with van der Waals surface area (Å²) >= 11 is 0. The SMILES string of the molecule is C[NH+]1CC(=Cc2ccc(F)cc2)C(=O)C(=Cc2ccc(F)cc2)C1. The van der Waals surface area contributed by atoms with Crippen LogP contribution in [-0.4, -0.2) is 25.9 Å². The maximum Gasteiger partial charge on any atom is 0.196 e. The maximum atomic E-state index is 13.0. The van der Waals surface area contributed by atoms with Crippen LogP contribution in [0.15, 0.2) is 59.7 Å². The average molecular weight is 326 g/mol. The van der Waals surface area contributed by atoms with Crippen molar-refractivity contribution in [1.82, 2.24) is 0 Å². The average Bonchev–Trinajstić information content (AvgIpc) is 2.56. The summed E-state index contributed by atoms with van der Waals surface area (Å²) < 4.78 is 26.0. The number of nitrogens with one attached hydrogen (secondary N) is 1. The van der Waals surface area contributed by atoms with Crippen LogP contribution >= 0.6 is 0 Å². The molecule has 0 radical (unpaired) electrons. The Morgan fingerprint density at radius 1 is 0.792 bits per heavy atom. The third-order valence-corrected chi connectivity index (χ3v) is 3.99. The van der Waals surface area contributed by atoms with Crippen molar-refractivity contribution in [2.24, 2.45) is 0 Å². The number of hydrogen-bond donors (Lipinski definition) is 1. The van der Waals surface area contributed by atoms with Crippen molar-refractivity contribution in [2.45, 2.75) is 0 Å². The van der Waals surface area contributed by atoms with E-state index in [1.165, 1.54) is 29.2 Å². The fourth-order valence-electron chi connectivity index (χ4n) is 2.83. The molecule has 0 aromatic heterocycles. The Balaban J connectivity index is 1.90. The van der Waals surface area contributed by atoms with Gasteiger partial charge in [-0.1, -0.05) is 24.3 Å². The van der Waals surface area contributed by atoms with E-state index >= 15 is 0 Å². The van der Waals surface area contributed by atoms with Gasteiger partial charge in [0.25, 0.3) is 0 Å². The molecule has 1 aliphatic rings. The lowest BCUT2D eigenvalue weighted by atomic mass is 9.94. The van der Waals surface area contributed by atoms with Crippen molar-refractivity contribution in [2.75, 3.05) is 20.1 Å². The molecule has 0 spiro atoms. The standard InChI is InChI=1S/C20H17F2NO/c1-23-12-16(10-14-2-6-18(21)7-3-14)20(24)17(13-23)11-15-4-8-19(22)9-5-15/h2-11H,12-13H2,1H3/p+1. The largest absolute Gasteiger partial charge is 0.330 e. The van der Waals surface area contributed by atoms with Crippen LogP contribution < -0.4 is 4.90 Å². The smallest absolute Gasteiger partial charge is 0.196 e. The quantitative estimate of drug-likeness (QED) is 0.842. The Bertz CT molecular complexity index is 737. The molecule has 2 aromatic rings. The van der Waals surface area contributed by atoms with Gasteiger partial charge in [-0.3, -0.25) is 4.79 Å². The molecule has 1 saturated heterocycles. The molecular weight excluding hydrogens is 308 g/mol. The topological polar surface area (TPSA) is 21.5 Å². The Kier molecular flexibility index (Phi) is 4.67. The fourth-order valence-corrected chi connectivity index (χ4v) is 2.83. The molecule has 2 aromatic carbocycles. The Labute approximate surface area is 139 Å². The van der Waals surface area contributed by atoms with Crippen LogP contribution in [-0.2, 0) is 4.79 Å². The molecule has 3 rings (SSSR count). The molecule has 0 unspecified atom stereocenters. The van der Waals surface area contributed by atoms with E-state index in [4.69, 9.17) is 0 Å². The molecule has 0 atom stereocenters. The predicted molar refractivity (Wildman–Crippen MR) is 90.4 cm³/mol. The van der Waals surface area contributed by atoms with Crippen LogP contribution in [0.4, 0.5) is 8.78 Å². The molecule has 0 saturated carbocycles. The van der Waals surface area contributed by atoms with Crippen molar-refractivity contribution < 1.29 is 18.5 Å². The van der Waals surface area contributed by atoms with Gasteiger partial charge in [0.15, 0.2) is 5.78 Å². The highest BCUT2D eigenvalue weighted by molar-refractivity contribution is 6.14. The highest BCUT2D eigenvalue weighted by atomic mass is 19.1. The molecule has 2 nitrogen and oxygen atoms in total. The van der Waals surface area contributed by atoms with Crippen LogP contribution in [0.3, 0.4) is 0 Å². The number of ketones is 1. The lowest BCUT2D eigenvalue weighted by molar-refractivity contribution is -0.870. The number of carbonyl (C=O) groups excluding carboxylic acids is 1. The lowest BCUT2D eigenvalue weighted by Gasteiger charge is -2.23. The van der Waals surface area contributed by atoms with Gasteiger partial charge in [0.1, 0.15) is 24.7 Å². The van der Waals surface area contributed by atoms with Crippen LogP contribution in [0, 0.1) is 11.6 Å². The summed E-state index contributed by atoms with van der Waals surface area (Å²) in [6.07, 6.45) is 3.62. The van der Waals surface area contributed by atoms with E-state index in [0.29, 0.717) is 24.2 Å². The number of quaternary nitrogens is 1. The molecular formula is C20H18F2NO+. The highest BCUT2D eigenvalue weighted by Gasteiger charge is 2.26. The first-order chi connectivity index (χ1) is 11.5. The van der Waals surface area contributed by atoms with E-state index in [9.17, 15) is 13.6 Å². The van der Waals surface area contributed by atoms with Crippen molar-refractivity contribution in [3.63, 3.8) is 0 Å². The summed E-state index contributed by atoms with van der Waals surface area (Å²) in [7, 11) is 2.02. The molecule has 1 aliphatic heterocycles. The number of hydrogen-bond acceptors (Lipinski definition) is 1. The van der Waals surface area contributed by atoms with Crippen molar-refractivity contribution in [3.05, 3.63) is 82.4 Å². The molecule has 0 aliphatic carbocycles. The summed E-state index contributed by atoms with van der Waals surface area (Å²) in [6, 6.07) is 12.1. The lowest BCUT2D eigenvalue weighted by Crippen LogP contribution is -3.10. The summed E-state index contributed by atoms with van der Waals surface area (Å²) in [4.78, 5) is 13.9. The molecule has 122 valence electrons. The van der Waals surface area contributed by atoms with E-state index in [0.717, 1.165) is 11.1 Å². The molecule has 0 amide bonds. The normalized spacial score (nSPS) is 21.5. The monoisotopic (exact) mass is 326 g/mol. The number of piperidine rings is 1. The van der Waals surface area contributed by atoms with Crippen LogP contribution in [0.1, 0.15) is 11.1 Å². The van der Waals surface area contributed by atoms with Crippen LogP contribution in [0.25, 0.3) is 12.2 Å². The summed E-state index contributed by atoms with van der Waals surface area (Å²) in [5.74, 6) is -0.604. The number of Topliss-reactive ketones (excluding diaryl/α,β-unsaturated/α-hetero) is 1. The van der Waals surface area contributed by atoms with E-state index in [-0.39, 0.29) is 17.4 Å². The molecule has 4 heteroatoms. The van der Waals surface area contributed by atoms with Gasteiger partial charge in [0.2, 0.25) is 0 Å². The second-order valence-corrected chi connectivity index (χ2v) is 6.08. The molecule has 1 N–H and O–H groups in total. The maximum absolute atomic E-state index is 13.0. The number of likely N-dealkylation sites (tertiary alicyclic amines) is 1. The first-order valence-corrected chi connectivity index (χ1v) is 7.79. The summed E-state index contributed by atoms with van der Waals surface area (Å²) in [6.45, 7) is 1.24. The van der Waals surface area contributed by atoms with E-state index < -0.39 is 0 Å². The van der Waals surface area contributed by atoms with Crippen molar-refractivity contribution in [1.29, 1.82) is 0 Å². The van der Waals surface area contributed by atoms with Gasteiger partial charge in [0.05, 0.1) is 18.2 Å². The van der Waals surface area contributed by atoms with Gasteiger partial charge in [-0.15, -0.1) is 0 Å². The minimum Gasteiger partial charge on any atom is -0.330 e. The summed E-state index contributed by atoms with van der Waals surface area (Å²) in [5, 5.41) is 0. The van der Waals surface area contributed by atoms with E-state index in [1.54, 1.807) is 24.3 Å². The molecule has 1 fully saturated rings. The third-order valence-electron chi connectivity index (χ3n) is 3.99. The van der Waals surface area contributed by atoms with E-state index in [1.807, 2.05) is 19.2 Å². The van der Waals surface area contributed by atoms with Gasteiger partial charge in [-0.25, -0.2) is 8.78 Å². The second kappa shape index (κ2) is 6.89. The number of benzene rings is 2. The number of rotatable bonds is 2. The first kappa shape index (κ1) is 16.3. The predicted octanol–water partition coefficient (Wildman–Crippen LogP) is 2.53. The minimum absolute atomic E-state index is 0.00532. The van der Waals surface area contributed by atoms with Crippen molar-refractivity contribution in [3.8, 4) is 0 Å². The second-order valence-electron chi connectivity index (χ2n) is 6.08. The zero-order valence-electron chi connectivity index (χ0n) is 13.4. The Morgan fingerprint density at radius 2 is 1.17 bits per heavy atom. The zero-order chi connectivity index (χ0) is 17.1. The molecule has 0 bridgehead atoms. The van der Waals surface area contributed by atoms with Crippen LogP contribution in [0.2, 0.25) is 0 Å². The van der Waals surface area contributed by atoms with Gasteiger partial charge < -0.3 is 4.90 Å². The fraction of sp³-hybridized carbons (Fsp3) is 0.150. The third kappa shape index (κ3) is 3.84. The zero-order valence-corrected chi connectivity index (χ0v) is 13.4. The summed E-state index contributed by atoms with van der Waals surface area (Å²) in [5.41, 5.74) is 2.99. The number of likely N-dealkylation sites (N-methyl/N-ethyl adjacent to an activating group) is 1. The highest BCUT2D eigenvalue weighted by Crippen LogP contribution is 2.16. The molecule has 1 heterocycles.